The zero-order valence-electron chi connectivity index (χ0n) is 26.8. The molecule has 0 saturated heterocycles. The first-order valence-electron chi connectivity index (χ1n) is 18.0. The fourth-order valence-corrected chi connectivity index (χ4v) is 14.7. The van der Waals surface area contributed by atoms with Crippen molar-refractivity contribution in [1.82, 2.24) is 0 Å². The Kier molecular flexibility index (Phi) is 6.30. The Morgan fingerprint density at radius 1 is 0.643 bits per heavy atom. The van der Waals surface area contributed by atoms with E-state index in [1.807, 2.05) is 0 Å². The lowest BCUT2D eigenvalue weighted by atomic mass is 9.40. The first kappa shape index (κ1) is 28.8. The van der Waals surface area contributed by atoms with Crippen LogP contribution in [-0.4, -0.2) is 44.3 Å². The first-order valence-corrected chi connectivity index (χ1v) is 18.0. The lowest BCUT2D eigenvalue weighted by Gasteiger charge is -2.65. The second kappa shape index (κ2) is 9.20. The Bertz CT molecular complexity index is 1190. The van der Waals surface area contributed by atoms with Gasteiger partial charge in [-0.3, -0.25) is 0 Å². The highest BCUT2D eigenvalue weighted by molar-refractivity contribution is 5.32. The summed E-state index contributed by atoms with van der Waals surface area (Å²) >= 11 is 0. The second-order valence-corrected chi connectivity index (χ2v) is 18.0. The minimum Gasteiger partial charge on any atom is -0.393 e. The van der Waals surface area contributed by atoms with Gasteiger partial charge in [0, 0.05) is 0 Å². The molecule has 42 heavy (non-hydrogen) atoms. The van der Waals surface area contributed by atoms with Gasteiger partial charge in [-0.25, -0.2) is 0 Å². The molecule has 8 aliphatic carbocycles. The predicted octanol–water partition coefficient (Wildman–Crippen LogP) is 6.95. The number of rotatable bonds is 1. The van der Waals surface area contributed by atoms with Crippen molar-refractivity contribution < 1.29 is 20.4 Å². The van der Waals surface area contributed by atoms with E-state index in [1.165, 1.54) is 17.6 Å². The fourth-order valence-electron chi connectivity index (χ4n) is 14.7. The van der Waals surface area contributed by atoms with Gasteiger partial charge in [0.1, 0.15) is 0 Å². The molecular formula is C38H58O4. The van der Waals surface area contributed by atoms with E-state index >= 15 is 0 Å². The molecule has 6 saturated carbocycles. The maximum atomic E-state index is 13.4. The van der Waals surface area contributed by atoms with Crippen LogP contribution >= 0.6 is 0 Å². The molecule has 4 heteroatoms. The monoisotopic (exact) mass is 578 g/mol. The van der Waals surface area contributed by atoms with Crippen molar-refractivity contribution in [3.05, 3.63) is 23.3 Å². The van der Waals surface area contributed by atoms with Crippen molar-refractivity contribution in [2.75, 3.05) is 0 Å². The summed E-state index contributed by atoms with van der Waals surface area (Å²) in [5, 5.41) is 46.2. The second-order valence-electron chi connectivity index (χ2n) is 18.0. The number of aliphatic hydroxyl groups excluding tert-OH is 3. The highest BCUT2D eigenvalue weighted by atomic mass is 16.3. The molecule has 5 unspecified atom stereocenters. The quantitative estimate of drug-likeness (QED) is 0.254. The van der Waals surface area contributed by atoms with Crippen LogP contribution in [0.2, 0.25) is 0 Å². The molecule has 0 aromatic carbocycles. The maximum Gasteiger partial charge on any atom is 0.0741 e. The van der Waals surface area contributed by atoms with Gasteiger partial charge in [-0.05, 0) is 159 Å². The molecule has 234 valence electrons. The Labute approximate surface area is 254 Å². The molecule has 6 fully saturated rings. The largest absolute Gasteiger partial charge is 0.393 e. The van der Waals surface area contributed by atoms with Crippen LogP contribution in [0.1, 0.15) is 124 Å². The fraction of sp³-hybridized carbons (Fsp3) is 0.895. The third kappa shape index (κ3) is 3.45. The molecule has 0 bridgehead atoms. The maximum absolute atomic E-state index is 13.4. The summed E-state index contributed by atoms with van der Waals surface area (Å²) in [5.41, 5.74) is 2.26. The molecule has 4 N–H and O–H groups in total. The van der Waals surface area contributed by atoms with Gasteiger partial charge >= 0.3 is 0 Å². The Morgan fingerprint density at radius 3 is 2.10 bits per heavy atom. The molecule has 0 aromatic rings. The molecule has 8 aliphatic rings. The highest BCUT2D eigenvalue weighted by Crippen LogP contribution is 2.73. The summed E-state index contributed by atoms with van der Waals surface area (Å²) in [4.78, 5) is 0. The van der Waals surface area contributed by atoms with Crippen LogP contribution in [0, 0.1) is 63.1 Å². The van der Waals surface area contributed by atoms with Gasteiger partial charge in [0.15, 0.2) is 0 Å². The van der Waals surface area contributed by atoms with Gasteiger partial charge in [0.2, 0.25) is 0 Å². The number of fused-ring (bicyclic) bond motifs is 10. The third-order valence-electron chi connectivity index (χ3n) is 17.0. The average Bonchev–Trinajstić information content (AvgIpc) is 3.41. The molecule has 0 spiro atoms. The number of hydrogen-bond donors (Lipinski definition) is 4. The third-order valence-corrected chi connectivity index (χ3v) is 17.0. The summed E-state index contributed by atoms with van der Waals surface area (Å²) < 4.78 is 0. The molecule has 15 atom stereocenters. The Morgan fingerprint density at radius 2 is 1.31 bits per heavy atom. The summed E-state index contributed by atoms with van der Waals surface area (Å²) in [7, 11) is 0. The van der Waals surface area contributed by atoms with Crippen molar-refractivity contribution in [1.29, 1.82) is 0 Å². The molecule has 8 rings (SSSR count). The van der Waals surface area contributed by atoms with E-state index in [2.05, 4.69) is 39.8 Å². The summed E-state index contributed by atoms with van der Waals surface area (Å²) in [5.74, 6) is 3.59. The van der Waals surface area contributed by atoms with E-state index in [9.17, 15) is 20.4 Å². The topological polar surface area (TPSA) is 80.9 Å². The first-order chi connectivity index (χ1) is 19.9. The molecule has 0 aromatic heterocycles. The van der Waals surface area contributed by atoms with Crippen LogP contribution in [0.3, 0.4) is 0 Å². The molecule has 0 aliphatic heterocycles. The SMILES string of the molecule is C[C@]12CCC(O)CC1=CC[C@@H]1[C@H]2CC[C@@]2(C)[C@H]1CCC2(O)C1CC(O)CC2=CC[C@@H]3[C@@H](CC[C@]4(C)C(O)CC[C@@H]34)[C@]21C. The van der Waals surface area contributed by atoms with Crippen molar-refractivity contribution in [2.45, 2.75) is 148 Å². The summed E-state index contributed by atoms with van der Waals surface area (Å²) in [6, 6.07) is 0. The normalized spacial score (nSPS) is 60.2. The van der Waals surface area contributed by atoms with Gasteiger partial charge in [0.25, 0.3) is 0 Å². The number of allylic oxidation sites excluding steroid dienone is 2. The van der Waals surface area contributed by atoms with Gasteiger partial charge in [-0.2, -0.15) is 0 Å². The molecule has 0 heterocycles. The zero-order chi connectivity index (χ0) is 29.4. The smallest absolute Gasteiger partial charge is 0.0741 e. The molecule has 4 nitrogen and oxygen atoms in total. The Hall–Kier alpha value is -0.680. The lowest BCUT2D eigenvalue weighted by molar-refractivity contribution is -0.203. The van der Waals surface area contributed by atoms with Gasteiger partial charge < -0.3 is 20.4 Å². The van der Waals surface area contributed by atoms with Crippen molar-refractivity contribution in [3.63, 3.8) is 0 Å². The van der Waals surface area contributed by atoms with E-state index in [0.717, 1.165) is 89.9 Å². The highest BCUT2D eigenvalue weighted by Gasteiger charge is 2.70. The summed E-state index contributed by atoms with van der Waals surface area (Å²) in [6.45, 7) is 9.85. The van der Waals surface area contributed by atoms with Gasteiger partial charge in [0.05, 0.1) is 23.9 Å². The van der Waals surface area contributed by atoms with Crippen molar-refractivity contribution >= 4 is 0 Å². The van der Waals surface area contributed by atoms with Crippen LogP contribution in [-0.2, 0) is 0 Å². The van der Waals surface area contributed by atoms with E-state index < -0.39 is 5.60 Å². The number of hydrogen-bond acceptors (Lipinski definition) is 4. The van der Waals surface area contributed by atoms with Crippen LogP contribution in [0.25, 0.3) is 0 Å². The minimum atomic E-state index is -0.761. The van der Waals surface area contributed by atoms with Crippen LogP contribution in [0.4, 0.5) is 0 Å². The van der Waals surface area contributed by atoms with Crippen molar-refractivity contribution in [3.8, 4) is 0 Å². The zero-order valence-corrected chi connectivity index (χ0v) is 26.8. The van der Waals surface area contributed by atoms with Crippen molar-refractivity contribution in [2.24, 2.45) is 63.1 Å². The van der Waals surface area contributed by atoms with Crippen LogP contribution in [0.15, 0.2) is 23.3 Å². The van der Waals surface area contributed by atoms with Gasteiger partial charge in [-0.1, -0.05) is 51.0 Å². The van der Waals surface area contributed by atoms with Crippen LogP contribution < -0.4 is 0 Å². The molecule has 0 amide bonds. The molecular weight excluding hydrogens is 520 g/mol. The van der Waals surface area contributed by atoms with Crippen LogP contribution in [0.5, 0.6) is 0 Å². The van der Waals surface area contributed by atoms with E-state index in [1.54, 1.807) is 0 Å². The van der Waals surface area contributed by atoms with E-state index in [-0.39, 0.29) is 45.9 Å². The molecule has 0 radical (unpaired) electrons. The standard InChI is InChI=1S/C38H58O4/c1-34-15-11-24(39)19-22(34)5-7-26-29(34)13-17-36(3)30(26)14-18-38(36,42)32-21-25(40)20-23-6-8-27-28-9-10-33(41)35(28,2)16-12-31(27)37(23,32)4/h5-6,24-33,39-42H,7-21H2,1-4H3/t24?,25?,26-,27+,28+,29-,30+,31-,32?,33?,34+,35+,36+,37+,38?/m1/s1. The average molecular weight is 579 g/mol. The van der Waals surface area contributed by atoms with Gasteiger partial charge in [-0.15, -0.1) is 0 Å². The minimum absolute atomic E-state index is 0.0465. The lowest BCUT2D eigenvalue weighted by Crippen LogP contribution is -2.64. The summed E-state index contributed by atoms with van der Waals surface area (Å²) in [6.07, 6.45) is 19.5. The Balaban J connectivity index is 1.15. The number of aliphatic hydroxyl groups is 4. The van der Waals surface area contributed by atoms with E-state index in [4.69, 9.17) is 0 Å². The predicted molar refractivity (Wildman–Crippen MR) is 165 cm³/mol. The van der Waals surface area contributed by atoms with E-state index in [0.29, 0.717) is 35.5 Å².